The Morgan fingerprint density at radius 2 is 2.08 bits per heavy atom. The fourth-order valence-corrected chi connectivity index (χ4v) is 5.26. The minimum atomic E-state index is -0.762. The molecule has 0 aliphatic carbocycles. The third-order valence-electron chi connectivity index (χ3n) is 4.59. The Bertz CT molecular complexity index is 924. The Kier molecular flexibility index (Phi) is 4.84. The van der Waals surface area contributed by atoms with Crippen LogP contribution in [-0.4, -0.2) is 19.0 Å². The van der Waals surface area contributed by atoms with Crippen molar-refractivity contribution >= 4 is 34.3 Å². The molecule has 2 atom stereocenters. The molecule has 1 aromatic carbocycles. The van der Waals surface area contributed by atoms with E-state index in [1.807, 2.05) is 11.4 Å². The molecule has 1 amide bonds. The van der Waals surface area contributed by atoms with Crippen LogP contribution in [0.15, 0.2) is 47.2 Å². The van der Waals surface area contributed by atoms with E-state index in [2.05, 4.69) is 22.8 Å². The maximum Gasteiger partial charge on any atom is 0.279 e. The molecule has 2 aromatic heterocycles. The number of nitrogens with one attached hydrogen (secondary N) is 2. The number of hydrogen-bond acceptors (Lipinski definition) is 3. The van der Waals surface area contributed by atoms with Crippen LogP contribution in [0.25, 0.3) is 0 Å². The minimum absolute atomic E-state index is 0.0108. The van der Waals surface area contributed by atoms with Crippen LogP contribution in [0, 0.1) is 11.6 Å². The quantitative estimate of drug-likeness (QED) is 0.703. The molecule has 1 aliphatic heterocycles. The lowest BCUT2D eigenvalue weighted by Gasteiger charge is -2.31. The molecule has 26 heavy (non-hydrogen) atoms. The number of benzene rings is 1. The predicted molar refractivity (Wildman–Crippen MR) is 99.9 cm³/mol. The highest BCUT2D eigenvalue weighted by Crippen LogP contribution is 2.31. The first kappa shape index (κ1) is 17.3. The molecular weight excluding hydrogens is 374 g/mol. The van der Waals surface area contributed by atoms with Gasteiger partial charge in [0.05, 0.1) is 17.1 Å². The number of rotatable bonds is 4. The molecule has 7 heteroatoms. The molecule has 0 bridgehead atoms. The molecule has 1 unspecified atom stereocenters. The fourth-order valence-electron chi connectivity index (χ4n) is 3.44. The number of halogens is 2. The van der Waals surface area contributed by atoms with Crippen molar-refractivity contribution in [2.45, 2.75) is 12.5 Å². The Morgan fingerprint density at radius 1 is 1.19 bits per heavy atom. The highest BCUT2D eigenvalue weighted by molar-refractivity contribution is 7.10. The fraction of sp³-hybridized carbons (Fsp3) is 0.211. The summed E-state index contributed by atoms with van der Waals surface area (Å²) in [6.07, 6.45) is 0.933. The van der Waals surface area contributed by atoms with Gasteiger partial charge in [-0.15, -0.1) is 22.7 Å². The maximum atomic E-state index is 13.8. The van der Waals surface area contributed by atoms with E-state index in [4.69, 9.17) is 0 Å². The topological polar surface area (TPSA) is 33.5 Å². The van der Waals surface area contributed by atoms with Gasteiger partial charge >= 0.3 is 0 Å². The van der Waals surface area contributed by atoms with Gasteiger partial charge in [0.15, 0.2) is 6.54 Å². The van der Waals surface area contributed by atoms with Gasteiger partial charge in [0, 0.05) is 22.9 Å². The molecular formula is C19H17F2N2OS2+. The normalized spacial score (nSPS) is 19.2. The van der Waals surface area contributed by atoms with Crippen molar-refractivity contribution in [1.29, 1.82) is 0 Å². The van der Waals surface area contributed by atoms with Gasteiger partial charge in [0.2, 0.25) is 0 Å². The maximum absolute atomic E-state index is 13.8. The summed E-state index contributed by atoms with van der Waals surface area (Å²) >= 11 is 3.44. The Hall–Kier alpha value is -2.09. The molecule has 3 nitrogen and oxygen atoms in total. The highest BCUT2D eigenvalue weighted by atomic mass is 32.1. The second-order valence-corrected chi connectivity index (χ2v) is 8.23. The molecule has 4 rings (SSSR count). The predicted octanol–water partition coefficient (Wildman–Crippen LogP) is 3.26. The van der Waals surface area contributed by atoms with E-state index in [-0.39, 0.29) is 24.2 Å². The zero-order valence-corrected chi connectivity index (χ0v) is 15.4. The van der Waals surface area contributed by atoms with E-state index in [1.54, 1.807) is 22.7 Å². The number of thiophene rings is 2. The van der Waals surface area contributed by atoms with Crippen LogP contribution in [0.3, 0.4) is 0 Å². The average Bonchev–Trinajstić information content (AvgIpc) is 3.28. The first-order chi connectivity index (χ1) is 12.6. The van der Waals surface area contributed by atoms with E-state index in [1.165, 1.54) is 21.4 Å². The molecule has 3 aromatic rings. The van der Waals surface area contributed by atoms with Gasteiger partial charge in [-0.1, -0.05) is 6.07 Å². The van der Waals surface area contributed by atoms with Gasteiger partial charge in [0.1, 0.15) is 17.7 Å². The summed E-state index contributed by atoms with van der Waals surface area (Å²) in [4.78, 5) is 16.2. The van der Waals surface area contributed by atoms with Gasteiger partial charge in [-0.25, -0.2) is 8.78 Å². The molecule has 3 heterocycles. The van der Waals surface area contributed by atoms with Crippen molar-refractivity contribution in [3.05, 3.63) is 74.1 Å². The lowest BCUT2D eigenvalue weighted by Crippen LogP contribution is -3.14. The van der Waals surface area contributed by atoms with Crippen molar-refractivity contribution < 1.29 is 18.5 Å². The number of amides is 1. The molecule has 0 saturated heterocycles. The summed E-state index contributed by atoms with van der Waals surface area (Å²) in [5.41, 5.74) is 1.29. The van der Waals surface area contributed by atoms with Crippen LogP contribution in [0.1, 0.15) is 21.4 Å². The lowest BCUT2D eigenvalue weighted by atomic mass is 9.98. The van der Waals surface area contributed by atoms with E-state index in [9.17, 15) is 13.6 Å². The number of carbonyl (C=O) groups is 1. The summed E-state index contributed by atoms with van der Waals surface area (Å²) in [6.45, 7) is 1.07. The van der Waals surface area contributed by atoms with Crippen LogP contribution in [0.2, 0.25) is 0 Å². The van der Waals surface area contributed by atoms with Crippen molar-refractivity contribution in [3.63, 3.8) is 0 Å². The van der Waals surface area contributed by atoms with Gasteiger partial charge in [-0.3, -0.25) is 4.79 Å². The molecule has 0 spiro atoms. The van der Waals surface area contributed by atoms with Crippen molar-refractivity contribution in [1.82, 2.24) is 0 Å². The number of anilines is 1. The van der Waals surface area contributed by atoms with Crippen molar-refractivity contribution in [2.75, 3.05) is 18.4 Å². The monoisotopic (exact) mass is 391 g/mol. The minimum Gasteiger partial charge on any atom is -0.319 e. The van der Waals surface area contributed by atoms with E-state index in [0.29, 0.717) is 0 Å². The van der Waals surface area contributed by atoms with Crippen molar-refractivity contribution in [3.8, 4) is 0 Å². The largest absolute Gasteiger partial charge is 0.319 e. The van der Waals surface area contributed by atoms with E-state index < -0.39 is 11.6 Å². The van der Waals surface area contributed by atoms with Crippen LogP contribution in [-0.2, 0) is 11.2 Å². The Labute approximate surface area is 157 Å². The molecule has 1 aliphatic rings. The van der Waals surface area contributed by atoms with Crippen LogP contribution in [0.5, 0.6) is 0 Å². The smallest absolute Gasteiger partial charge is 0.279 e. The first-order valence-corrected chi connectivity index (χ1v) is 10.1. The summed E-state index contributed by atoms with van der Waals surface area (Å²) in [7, 11) is 0. The second-order valence-electron chi connectivity index (χ2n) is 6.25. The van der Waals surface area contributed by atoms with Gasteiger partial charge in [-0.05, 0) is 35.0 Å². The summed E-state index contributed by atoms with van der Waals surface area (Å²) in [5.74, 6) is -1.70. The summed E-state index contributed by atoms with van der Waals surface area (Å²) in [6, 6.07) is 9.54. The zero-order chi connectivity index (χ0) is 18.1. The zero-order valence-electron chi connectivity index (χ0n) is 13.8. The van der Waals surface area contributed by atoms with Crippen LogP contribution in [0.4, 0.5) is 14.5 Å². The van der Waals surface area contributed by atoms with Crippen LogP contribution >= 0.6 is 22.7 Å². The Morgan fingerprint density at radius 3 is 2.85 bits per heavy atom. The van der Waals surface area contributed by atoms with Crippen molar-refractivity contribution in [2.24, 2.45) is 0 Å². The average molecular weight is 391 g/mol. The van der Waals surface area contributed by atoms with Crippen LogP contribution < -0.4 is 10.2 Å². The molecule has 0 saturated carbocycles. The van der Waals surface area contributed by atoms with E-state index >= 15 is 0 Å². The van der Waals surface area contributed by atoms with Gasteiger partial charge < -0.3 is 10.2 Å². The lowest BCUT2D eigenvalue weighted by molar-refractivity contribution is -0.919. The third-order valence-corrected chi connectivity index (χ3v) is 6.53. The van der Waals surface area contributed by atoms with E-state index in [0.717, 1.165) is 30.0 Å². The summed E-state index contributed by atoms with van der Waals surface area (Å²) < 4.78 is 26.8. The molecule has 0 radical (unpaired) electrons. The SMILES string of the molecule is O=C(C[NH+]1CCc2sccc2[C@@H]1c1cccs1)Nc1ccc(F)cc1F. The molecule has 2 N–H and O–H groups in total. The standard InChI is InChI=1S/C19H16F2N2OS2/c20-12-3-4-15(14(21)10-12)22-18(24)11-23-7-5-16-13(6-9-26-16)19(23)17-2-1-8-25-17/h1-4,6,8-10,19H,5,7,11H2,(H,22,24)/p+1/t19-/m1/s1. The molecule has 134 valence electrons. The third kappa shape index (κ3) is 3.42. The number of hydrogen-bond donors (Lipinski definition) is 2. The number of fused-ring (bicyclic) bond motifs is 1. The number of quaternary nitrogens is 1. The molecule has 0 fully saturated rings. The second kappa shape index (κ2) is 7.26. The van der Waals surface area contributed by atoms with Gasteiger partial charge in [0.25, 0.3) is 5.91 Å². The Balaban J connectivity index is 1.54. The van der Waals surface area contributed by atoms with Gasteiger partial charge in [-0.2, -0.15) is 0 Å². The summed E-state index contributed by atoms with van der Waals surface area (Å²) in [5, 5.41) is 6.72. The highest BCUT2D eigenvalue weighted by Gasteiger charge is 2.35. The number of carbonyl (C=O) groups excluding carboxylic acids is 1. The first-order valence-electron chi connectivity index (χ1n) is 8.31.